The average molecular weight is 355 g/mol. The van der Waals surface area contributed by atoms with Crippen molar-refractivity contribution in [1.82, 2.24) is 0 Å². The van der Waals surface area contributed by atoms with Crippen LogP contribution in [0, 0.1) is 0 Å². The first-order valence-corrected chi connectivity index (χ1v) is 8.91. The fourth-order valence-electron chi connectivity index (χ4n) is 2.40. The Labute approximate surface area is 154 Å². The number of anilines is 1. The summed E-state index contributed by atoms with van der Waals surface area (Å²) in [5.74, 6) is -0.229. The Morgan fingerprint density at radius 2 is 1.65 bits per heavy atom. The maximum absolute atomic E-state index is 12.0. The van der Waals surface area contributed by atoms with Crippen LogP contribution < -0.4 is 10.1 Å². The Bertz CT molecular complexity index is 708. The SMILES string of the molecule is CCCCc1ccc(NC(=O)COC(=O)c2ccc(OCC)cc2)cc1. The summed E-state index contributed by atoms with van der Waals surface area (Å²) in [5, 5.41) is 2.72. The van der Waals surface area contributed by atoms with Crippen molar-refractivity contribution < 1.29 is 19.1 Å². The summed E-state index contributed by atoms with van der Waals surface area (Å²) in [6, 6.07) is 14.3. The van der Waals surface area contributed by atoms with E-state index in [1.165, 1.54) is 5.56 Å². The number of benzene rings is 2. The molecule has 2 rings (SSSR count). The van der Waals surface area contributed by atoms with Crippen molar-refractivity contribution >= 4 is 17.6 Å². The Hall–Kier alpha value is -2.82. The number of nitrogens with one attached hydrogen (secondary N) is 1. The zero-order valence-corrected chi connectivity index (χ0v) is 15.3. The molecule has 0 atom stereocenters. The number of carbonyl (C=O) groups excluding carboxylic acids is 2. The van der Waals surface area contributed by atoms with Crippen molar-refractivity contribution in [3.8, 4) is 5.75 Å². The normalized spacial score (nSPS) is 10.2. The lowest BCUT2D eigenvalue weighted by molar-refractivity contribution is -0.119. The van der Waals surface area contributed by atoms with E-state index in [9.17, 15) is 9.59 Å². The molecule has 0 aliphatic carbocycles. The molecule has 0 bridgehead atoms. The molecule has 26 heavy (non-hydrogen) atoms. The number of aryl methyl sites for hydroxylation is 1. The first-order valence-electron chi connectivity index (χ1n) is 8.91. The molecule has 2 aromatic rings. The highest BCUT2D eigenvalue weighted by Gasteiger charge is 2.10. The molecule has 1 N–H and O–H groups in total. The molecule has 0 aromatic heterocycles. The number of unbranched alkanes of at least 4 members (excludes halogenated alkanes) is 1. The van der Waals surface area contributed by atoms with Crippen LogP contribution in [0.25, 0.3) is 0 Å². The molecule has 5 heteroatoms. The van der Waals surface area contributed by atoms with Crippen LogP contribution in [-0.2, 0) is 16.0 Å². The van der Waals surface area contributed by atoms with Crippen LogP contribution in [0.1, 0.15) is 42.6 Å². The second-order valence-electron chi connectivity index (χ2n) is 5.88. The van der Waals surface area contributed by atoms with Gasteiger partial charge in [0, 0.05) is 5.69 Å². The van der Waals surface area contributed by atoms with Gasteiger partial charge in [-0.25, -0.2) is 4.79 Å². The van der Waals surface area contributed by atoms with Crippen LogP contribution in [0.4, 0.5) is 5.69 Å². The van der Waals surface area contributed by atoms with Gasteiger partial charge in [-0.2, -0.15) is 0 Å². The standard InChI is InChI=1S/C21H25NO4/c1-3-5-6-16-7-11-18(12-8-16)22-20(23)15-26-21(24)17-9-13-19(14-10-17)25-4-2/h7-14H,3-6,15H2,1-2H3,(H,22,23). The monoisotopic (exact) mass is 355 g/mol. The maximum Gasteiger partial charge on any atom is 0.338 e. The molecule has 0 saturated carbocycles. The van der Waals surface area contributed by atoms with E-state index in [-0.39, 0.29) is 12.5 Å². The fraction of sp³-hybridized carbons (Fsp3) is 0.333. The minimum Gasteiger partial charge on any atom is -0.494 e. The van der Waals surface area contributed by atoms with Gasteiger partial charge in [0.1, 0.15) is 5.75 Å². The molecular weight excluding hydrogens is 330 g/mol. The Balaban J connectivity index is 1.79. The van der Waals surface area contributed by atoms with Gasteiger partial charge >= 0.3 is 5.97 Å². The Morgan fingerprint density at radius 1 is 0.962 bits per heavy atom. The minimum atomic E-state index is -0.543. The number of hydrogen-bond donors (Lipinski definition) is 1. The number of rotatable bonds is 9. The minimum absolute atomic E-state index is 0.330. The summed E-state index contributed by atoms with van der Waals surface area (Å²) in [7, 11) is 0. The molecule has 0 unspecified atom stereocenters. The van der Waals surface area contributed by atoms with Gasteiger partial charge in [0.05, 0.1) is 12.2 Å². The predicted octanol–water partition coefficient (Wildman–Crippen LogP) is 4.22. The summed E-state index contributed by atoms with van der Waals surface area (Å²) in [4.78, 5) is 23.9. The third-order valence-corrected chi connectivity index (χ3v) is 3.79. The van der Waals surface area contributed by atoms with Crippen LogP contribution in [0.15, 0.2) is 48.5 Å². The molecule has 5 nitrogen and oxygen atoms in total. The quantitative estimate of drug-likeness (QED) is 0.684. The highest BCUT2D eigenvalue weighted by Crippen LogP contribution is 2.14. The van der Waals surface area contributed by atoms with E-state index in [2.05, 4.69) is 12.2 Å². The van der Waals surface area contributed by atoms with E-state index in [1.807, 2.05) is 31.2 Å². The van der Waals surface area contributed by atoms with Gasteiger partial charge in [-0.1, -0.05) is 25.5 Å². The van der Waals surface area contributed by atoms with Crippen LogP contribution >= 0.6 is 0 Å². The molecule has 1 amide bonds. The van der Waals surface area contributed by atoms with E-state index >= 15 is 0 Å². The summed E-state index contributed by atoms with van der Waals surface area (Å²) < 4.78 is 10.4. The zero-order valence-electron chi connectivity index (χ0n) is 15.3. The van der Waals surface area contributed by atoms with Crippen molar-refractivity contribution in [3.63, 3.8) is 0 Å². The van der Waals surface area contributed by atoms with E-state index in [4.69, 9.17) is 9.47 Å². The highest BCUT2D eigenvalue weighted by atomic mass is 16.5. The number of ether oxygens (including phenoxy) is 2. The van der Waals surface area contributed by atoms with Gasteiger partial charge in [-0.05, 0) is 61.7 Å². The van der Waals surface area contributed by atoms with Crippen LogP contribution in [-0.4, -0.2) is 25.1 Å². The number of hydrogen-bond acceptors (Lipinski definition) is 4. The Kier molecular flexibility index (Phi) is 7.68. The van der Waals surface area contributed by atoms with E-state index in [1.54, 1.807) is 24.3 Å². The Morgan fingerprint density at radius 3 is 2.27 bits per heavy atom. The fourth-order valence-corrected chi connectivity index (χ4v) is 2.40. The third kappa shape index (κ3) is 6.24. The lowest BCUT2D eigenvalue weighted by Crippen LogP contribution is -2.20. The highest BCUT2D eigenvalue weighted by molar-refractivity contribution is 5.95. The first-order chi connectivity index (χ1) is 12.6. The molecule has 0 saturated heterocycles. The molecule has 0 fully saturated rings. The van der Waals surface area contributed by atoms with Gasteiger partial charge < -0.3 is 14.8 Å². The number of esters is 1. The molecule has 2 aromatic carbocycles. The van der Waals surface area contributed by atoms with Crippen LogP contribution in [0.3, 0.4) is 0 Å². The number of carbonyl (C=O) groups is 2. The largest absolute Gasteiger partial charge is 0.494 e. The lowest BCUT2D eigenvalue weighted by Gasteiger charge is -2.08. The second-order valence-corrected chi connectivity index (χ2v) is 5.88. The number of amides is 1. The summed E-state index contributed by atoms with van der Waals surface area (Å²) >= 11 is 0. The van der Waals surface area contributed by atoms with Gasteiger partial charge in [0.15, 0.2) is 6.61 Å². The molecular formula is C21H25NO4. The summed E-state index contributed by atoms with van der Waals surface area (Å²) in [6.45, 7) is 4.27. The first kappa shape index (κ1) is 19.5. The lowest BCUT2D eigenvalue weighted by atomic mass is 10.1. The van der Waals surface area contributed by atoms with Crippen molar-refractivity contribution in [1.29, 1.82) is 0 Å². The maximum atomic E-state index is 12.0. The van der Waals surface area contributed by atoms with Gasteiger partial charge in [-0.15, -0.1) is 0 Å². The summed E-state index contributed by atoms with van der Waals surface area (Å²) in [5.41, 5.74) is 2.31. The molecule has 0 heterocycles. The van der Waals surface area contributed by atoms with E-state index in [0.29, 0.717) is 23.6 Å². The van der Waals surface area contributed by atoms with E-state index in [0.717, 1.165) is 19.3 Å². The molecule has 0 spiro atoms. The molecule has 0 aliphatic heterocycles. The second kappa shape index (κ2) is 10.2. The smallest absolute Gasteiger partial charge is 0.338 e. The average Bonchev–Trinajstić information content (AvgIpc) is 2.66. The van der Waals surface area contributed by atoms with Crippen molar-refractivity contribution in [2.45, 2.75) is 33.1 Å². The third-order valence-electron chi connectivity index (χ3n) is 3.79. The molecule has 138 valence electrons. The van der Waals surface area contributed by atoms with Crippen LogP contribution in [0.2, 0.25) is 0 Å². The molecule has 0 aliphatic rings. The van der Waals surface area contributed by atoms with Gasteiger partial charge in [0.25, 0.3) is 5.91 Å². The molecule has 0 radical (unpaired) electrons. The van der Waals surface area contributed by atoms with Gasteiger partial charge in [0.2, 0.25) is 0 Å². The zero-order chi connectivity index (χ0) is 18.8. The van der Waals surface area contributed by atoms with Crippen molar-refractivity contribution in [2.75, 3.05) is 18.5 Å². The van der Waals surface area contributed by atoms with E-state index < -0.39 is 5.97 Å². The topological polar surface area (TPSA) is 64.6 Å². The van der Waals surface area contributed by atoms with Crippen molar-refractivity contribution in [3.05, 3.63) is 59.7 Å². The predicted molar refractivity (Wildman–Crippen MR) is 102 cm³/mol. The summed E-state index contributed by atoms with van der Waals surface area (Å²) in [6.07, 6.45) is 3.33. The van der Waals surface area contributed by atoms with Gasteiger partial charge in [-0.3, -0.25) is 4.79 Å². The van der Waals surface area contributed by atoms with Crippen LogP contribution in [0.5, 0.6) is 5.75 Å². The van der Waals surface area contributed by atoms with Crippen molar-refractivity contribution in [2.24, 2.45) is 0 Å².